The molecule has 0 radical (unpaired) electrons. The number of nitrogens with two attached hydrogens (primary N) is 1. The summed E-state index contributed by atoms with van der Waals surface area (Å²) in [6, 6.07) is -0.703. The molecule has 0 bridgehead atoms. The number of carbonyl (C=O) groups excluding carboxylic acids is 1. The summed E-state index contributed by atoms with van der Waals surface area (Å²) in [5.74, 6) is -3.38. The van der Waals surface area contributed by atoms with Crippen molar-refractivity contribution < 1.29 is 28.3 Å². The molecule has 0 amide bonds. The van der Waals surface area contributed by atoms with Crippen molar-refractivity contribution >= 4 is 11.7 Å². The van der Waals surface area contributed by atoms with E-state index < -0.39 is 45.9 Å². The van der Waals surface area contributed by atoms with E-state index in [0.717, 1.165) is 0 Å². The molecule has 0 spiro atoms. The van der Waals surface area contributed by atoms with Gasteiger partial charge in [0.1, 0.15) is 5.82 Å². The summed E-state index contributed by atoms with van der Waals surface area (Å²) in [4.78, 5) is 20.7. The number of hydrogen-bond acceptors (Lipinski definition) is 6. The number of alkyl halides is 1. The van der Waals surface area contributed by atoms with Crippen LogP contribution in [0.4, 0.5) is 14.5 Å². The number of halogens is 2. The van der Waals surface area contributed by atoms with Crippen molar-refractivity contribution in [2.75, 3.05) is 6.61 Å². The quantitative estimate of drug-likeness (QED) is 0.480. The van der Waals surface area contributed by atoms with Gasteiger partial charge < -0.3 is 15.6 Å². The van der Waals surface area contributed by atoms with Crippen molar-refractivity contribution in [1.29, 1.82) is 0 Å². The maximum atomic E-state index is 13.7. The monoisotopic (exact) mass is 290 g/mol. The molecule has 0 aromatic heterocycles. The lowest BCUT2D eigenvalue weighted by atomic mass is 10.0. The second kappa shape index (κ2) is 6.24. The number of rotatable bonds is 5. The van der Waals surface area contributed by atoms with Crippen LogP contribution in [-0.2, 0) is 9.53 Å². The molecule has 1 aromatic rings. The summed E-state index contributed by atoms with van der Waals surface area (Å²) in [6.45, 7) is 1.35. The number of nitro benzene ring substituents is 1. The van der Waals surface area contributed by atoms with Crippen LogP contribution in [0.25, 0.3) is 0 Å². The molecule has 0 aliphatic heterocycles. The summed E-state index contributed by atoms with van der Waals surface area (Å²) >= 11 is 0. The molecule has 0 aliphatic carbocycles. The molecule has 1 unspecified atom stereocenters. The van der Waals surface area contributed by atoms with Crippen LogP contribution in [0.5, 0.6) is 5.75 Å². The highest BCUT2D eigenvalue weighted by molar-refractivity contribution is 5.76. The first-order chi connectivity index (χ1) is 9.29. The molecule has 7 nitrogen and oxygen atoms in total. The number of nitro groups is 1. The summed E-state index contributed by atoms with van der Waals surface area (Å²) in [7, 11) is 0. The Hall–Kier alpha value is -2.29. The van der Waals surface area contributed by atoms with Crippen LogP contribution < -0.4 is 5.73 Å². The number of benzene rings is 1. The molecular formula is C11H12F2N2O5. The van der Waals surface area contributed by atoms with E-state index in [-0.39, 0.29) is 6.61 Å². The van der Waals surface area contributed by atoms with Gasteiger partial charge in [0.25, 0.3) is 0 Å². The lowest BCUT2D eigenvalue weighted by molar-refractivity contribution is -0.386. The number of aromatic hydroxyl groups is 1. The van der Waals surface area contributed by atoms with Crippen LogP contribution in [0.3, 0.4) is 0 Å². The fraction of sp³-hybridized carbons (Fsp3) is 0.364. The molecule has 1 aromatic carbocycles. The van der Waals surface area contributed by atoms with E-state index >= 15 is 0 Å². The van der Waals surface area contributed by atoms with Crippen molar-refractivity contribution in [2.24, 2.45) is 5.73 Å². The Labute approximate surface area is 112 Å². The Morgan fingerprint density at radius 3 is 2.70 bits per heavy atom. The molecule has 0 aliphatic rings. The van der Waals surface area contributed by atoms with Gasteiger partial charge >= 0.3 is 11.7 Å². The Bertz CT molecular complexity index is 538. The molecule has 0 fully saturated rings. The van der Waals surface area contributed by atoms with E-state index in [0.29, 0.717) is 12.1 Å². The van der Waals surface area contributed by atoms with E-state index in [1.165, 1.54) is 6.92 Å². The highest BCUT2D eigenvalue weighted by Gasteiger charge is 2.32. The van der Waals surface area contributed by atoms with Gasteiger partial charge in [-0.3, -0.25) is 10.1 Å². The zero-order valence-corrected chi connectivity index (χ0v) is 10.4. The van der Waals surface area contributed by atoms with Gasteiger partial charge in [-0.25, -0.2) is 13.6 Å². The molecule has 110 valence electrons. The van der Waals surface area contributed by atoms with Crippen LogP contribution in [0.1, 0.15) is 18.5 Å². The van der Waals surface area contributed by atoms with Crippen molar-refractivity contribution in [1.82, 2.24) is 0 Å². The van der Waals surface area contributed by atoms with Crippen molar-refractivity contribution in [3.8, 4) is 5.75 Å². The third-order valence-corrected chi connectivity index (χ3v) is 2.47. The standard InChI is InChI=1S/C11H12F2N2O5/c1-2-20-11(17)8(13)9(14)6-3-5(12)4-7(10(6)16)15(18)19/h3-4,8-9,16H,2,14H2,1H3/t8?,9-/m0/s1. The predicted octanol–water partition coefficient (Wildman–Crippen LogP) is 1.34. The first kappa shape index (κ1) is 15.8. The third kappa shape index (κ3) is 3.18. The van der Waals surface area contributed by atoms with E-state index in [2.05, 4.69) is 4.74 Å². The molecule has 0 saturated heterocycles. The van der Waals surface area contributed by atoms with Crippen LogP contribution in [-0.4, -0.2) is 28.8 Å². The maximum absolute atomic E-state index is 13.7. The zero-order valence-electron chi connectivity index (χ0n) is 10.4. The van der Waals surface area contributed by atoms with Gasteiger partial charge in [-0.1, -0.05) is 0 Å². The first-order valence-corrected chi connectivity index (χ1v) is 5.52. The molecular weight excluding hydrogens is 278 g/mol. The van der Waals surface area contributed by atoms with Gasteiger partial charge in [-0.2, -0.15) is 0 Å². The lowest BCUT2D eigenvalue weighted by Gasteiger charge is -2.16. The number of carbonyl (C=O) groups is 1. The average molecular weight is 290 g/mol. The van der Waals surface area contributed by atoms with Gasteiger partial charge in [0.2, 0.25) is 6.17 Å². The SMILES string of the molecule is CCOC(=O)C(F)[C@@H](N)c1cc(F)cc([N+](=O)[O-])c1O. The molecule has 2 atom stereocenters. The molecule has 20 heavy (non-hydrogen) atoms. The summed E-state index contributed by atoms with van der Waals surface area (Å²) in [5.41, 5.74) is 3.83. The van der Waals surface area contributed by atoms with E-state index in [4.69, 9.17) is 5.73 Å². The summed E-state index contributed by atoms with van der Waals surface area (Å²) in [5, 5.41) is 20.2. The number of nitrogens with zero attached hydrogens (tertiary/aromatic N) is 1. The number of phenols is 1. The molecule has 1 rings (SSSR count). The Balaban J connectivity index is 3.19. The third-order valence-electron chi connectivity index (χ3n) is 2.47. The normalized spacial score (nSPS) is 13.6. The fourth-order valence-corrected chi connectivity index (χ4v) is 1.52. The minimum atomic E-state index is -2.39. The Morgan fingerprint density at radius 2 is 2.20 bits per heavy atom. The smallest absolute Gasteiger partial charge is 0.342 e. The summed E-state index contributed by atoms with van der Waals surface area (Å²) < 4.78 is 31.3. The van der Waals surface area contributed by atoms with Crippen LogP contribution in [0.15, 0.2) is 12.1 Å². The average Bonchev–Trinajstić information content (AvgIpc) is 2.39. The maximum Gasteiger partial charge on any atom is 0.342 e. The summed E-state index contributed by atoms with van der Waals surface area (Å²) in [6.07, 6.45) is -2.39. The molecule has 0 heterocycles. The highest BCUT2D eigenvalue weighted by Crippen LogP contribution is 2.35. The topological polar surface area (TPSA) is 116 Å². The minimum Gasteiger partial charge on any atom is -0.502 e. The van der Waals surface area contributed by atoms with Gasteiger partial charge in [-0.05, 0) is 13.0 Å². The van der Waals surface area contributed by atoms with Crippen molar-refractivity contribution in [3.63, 3.8) is 0 Å². The van der Waals surface area contributed by atoms with Gasteiger partial charge in [0.05, 0.1) is 23.6 Å². The fourth-order valence-electron chi connectivity index (χ4n) is 1.52. The van der Waals surface area contributed by atoms with Crippen molar-refractivity contribution in [3.05, 3.63) is 33.6 Å². The van der Waals surface area contributed by atoms with Crippen LogP contribution in [0, 0.1) is 15.9 Å². The van der Waals surface area contributed by atoms with E-state index in [1.54, 1.807) is 0 Å². The van der Waals surface area contributed by atoms with Crippen LogP contribution in [0.2, 0.25) is 0 Å². The van der Waals surface area contributed by atoms with Gasteiger partial charge in [0, 0.05) is 5.56 Å². The predicted molar refractivity (Wildman–Crippen MR) is 63.2 cm³/mol. The largest absolute Gasteiger partial charge is 0.502 e. The van der Waals surface area contributed by atoms with Crippen LogP contribution >= 0.6 is 0 Å². The molecule has 9 heteroatoms. The second-order valence-electron chi connectivity index (χ2n) is 3.80. The van der Waals surface area contributed by atoms with Gasteiger partial charge in [0.15, 0.2) is 5.75 Å². The molecule has 0 saturated carbocycles. The Morgan fingerprint density at radius 1 is 1.60 bits per heavy atom. The lowest BCUT2D eigenvalue weighted by Crippen LogP contribution is -2.31. The van der Waals surface area contributed by atoms with Crippen molar-refractivity contribution in [2.45, 2.75) is 19.1 Å². The number of ether oxygens (including phenoxy) is 1. The van der Waals surface area contributed by atoms with E-state index in [1.807, 2.05) is 0 Å². The number of hydrogen-bond donors (Lipinski definition) is 2. The minimum absolute atomic E-state index is 0.0960. The van der Waals surface area contributed by atoms with E-state index in [9.17, 15) is 28.8 Å². The second-order valence-corrected chi connectivity index (χ2v) is 3.80. The number of phenolic OH excluding ortho intramolecular Hbond substituents is 1. The number of esters is 1. The highest BCUT2D eigenvalue weighted by atomic mass is 19.1. The Kier molecular flexibility index (Phi) is 4.92. The molecule has 3 N–H and O–H groups in total. The first-order valence-electron chi connectivity index (χ1n) is 5.52. The van der Waals surface area contributed by atoms with Gasteiger partial charge in [-0.15, -0.1) is 0 Å². The zero-order chi connectivity index (χ0) is 15.4.